The summed E-state index contributed by atoms with van der Waals surface area (Å²) in [7, 11) is 11.4. The van der Waals surface area contributed by atoms with E-state index in [4.69, 9.17) is 42.6 Å². The number of hydrogen-bond donors (Lipinski definition) is 0. The highest BCUT2D eigenvalue weighted by atomic mass is 16.5. The fourth-order valence-electron chi connectivity index (χ4n) is 8.14. The molecule has 57 heavy (non-hydrogen) atoms. The number of esters is 2. The Labute approximate surface area is 336 Å². The van der Waals surface area contributed by atoms with Crippen LogP contribution in [0.5, 0.6) is 40.2 Å². The number of hydrogen-bond acceptors (Lipinski definition) is 12. The third kappa shape index (κ3) is 11.0. The maximum atomic E-state index is 12.6. The van der Waals surface area contributed by atoms with Crippen molar-refractivity contribution >= 4 is 11.9 Å². The molecule has 0 spiro atoms. The van der Waals surface area contributed by atoms with Gasteiger partial charge in [-0.05, 0) is 72.4 Å². The van der Waals surface area contributed by atoms with Gasteiger partial charge in [-0.3, -0.25) is 4.90 Å². The molecule has 2 aliphatic heterocycles. The predicted octanol–water partition coefficient (Wildman–Crippen LogP) is 6.12. The minimum Gasteiger partial charge on any atom is -0.493 e. The quantitative estimate of drug-likeness (QED) is 0.0535. The Morgan fingerprint density at radius 1 is 0.667 bits per heavy atom. The molecule has 0 radical (unpaired) electrons. The van der Waals surface area contributed by atoms with Crippen LogP contribution in [0.15, 0.2) is 54.6 Å². The van der Waals surface area contributed by atoms with Crippen LogP contribution in [0.3, 0.4) is 0 Å². The molecule has 3 aromatic rings. The smallest absolute Gasteiger partial charge is 0.331 e. The van der Waals surface area contributed by atoms with Gasteiger partial charge in [0.1, 0.15) is 6.54 Å². The Kier molecular flexibility index (Phi) is 15.7. The number of methoxy groups -OCH3 is 7. The van der Waals surface area contributed by atoms with Crippen LogP contribution in [0.4, 0.5) is 0 Å². The molecule has 0 N–H and O–H groups in total. The molecule has 0 aliphatic carbocycles. The molecule has 1 atom stereocenters. The van der Waals surface area contributed by atoms with Gasteiger partial charge in [0.2, 0.25) is 5.75 Å². The number of likely N-dealkylation sites (tertiary alicyclic amines) is 1. The Balaban J connectivity index is 1.10. The van der Waals surface area contributed by atoms with Crippen LogP contribution in [-0.4, -0.2) is 117 Å². The number of nitrogens with zero attached hydrogens (tertiary/aromatic N) is 2. The molecule has 13 heteroatoms. The van der Waals surface area contributed by atoms with E-state index in [0.29, 0.717) is 59.6 Å². The van der Waals surface area contributed by atoms with Crippen molar-refractivity contribution in [2.24, 2.45) is 0 Å². The highest BCUT2D eigenvalue weighted by Crippen LogP contribution is 2.41. The first-order valence-corrected chi connectivity index (χ1v) is 19.6. The minimum atomic E-state index is -0.582. The zero-order chi connectivity index (χ0) is 40.8. The summed E-state index contributed by atoms with van der Waals surface area (Å²) in [5.41, 5.74) is 4.58. The highest BCUT2D eigenvalue weighted by Gasteiger charge is 2.33. The van der Waals surface area contributed by atoms with E-state index in [1.165, 1.54) is 11.1 Å². The average molecular weight is 792 g/mol. The molecule has 2 heterocycles. The maximum Gasteiger partial charge on any atom is 0.331 e. The zero-order valence-electron chi connectivity index (χ0n) is 34.6. The van der Waals surface area contributed by atoms with Gasteiger partial charge in [0.05, 0.1) is 82.6 Å². The van der Waals surface area contributed by atoms with Gasteiger partial charge in [0.25, 0.3) is 0 Å². The van der Waals surface area contributed by atoms with Crippen molar-refractivity contribution in [3.63, 3.8) is 0 Å². The lowest BCUT2D eigenvalue weighted by atomic mass is 9.88. The van der Waals surface area contributed by atoms with E-state index >= 15 is 0 Å². The SMILES string of the molecule is COc1ccc(CC2c3cc(OC)c(OC)cc3CCN2CCCOC(=O)C=CC(=O)OCCC[N+]2(Cc3cc(OC)c(OC)c(OC)c3)CCCC2)cc1OC. The largest absolute Gasteiger partial charge is 0.493 e. The van der Waals surface area contributed by atoms with Crippen molar-refractivity contribution in [1.82, 2.24) is 4.90 Å². The Morgan fingerprint density at radius 2 is 1.23 bits per heavy atom. The first kappa shape index (κ1) is 43.0. The van der Waals surface area contributed by atoms with Gasteiger partial charge in [-0.2, -0.15) is 0 Å². The summed E-state index contributed by atoms with van der Waals surface area (Å²) in [5, 5.41) is 0. The Hall–Kier alpha value is -5.14. The molecule has 0 bridgehead atoms. The molecule has 0 amide bonds. The second kappa shape index (κ2) is 20.9. The number of carbonyl (C=O) groups excluding carboxylic acids is 2. The number of benzene rings is 3. The van der Waals surface area contributed by atoms with Crippen LogP contribution in [0.25, 0.3) is 0 Å². The lowest BCUT2D eigenvalue weighted by Crippen LogP contribution is -2.45. The van der Waals surface area contributed by atoms with Crippen molar-refractivity contribution in [2.45, 2.75) is 51.1 Å². The van der Waals surface area contributed by atoms with Crippen LogP contribution < -0.4 is 33.2 Å². The van der Waals surface area contributed by atoms with Gasteiger partial charge in [-0.1, -0.05) is 6.07 Å². The highest BCUT2D eigenvalue weighted by molar-refractivity contribution is 5.91. The van der Waals surface area contributed by atoms with Crippen molar-refractivity contribution in [1.29, 1.82) is 0 Å². The van der Waals surface area contributed by atoms with Gasteiger partial charge in [0.15, 0.2) is 34.5 Å². The summed E-state index contributed by atoms with van der Waals surface area (Å²) < 4.78 is 50.8. The summed E-state index contributed by atoms with van der Waals surface area (Å²) >= 11 is 0. The fraction of sp³-hybridized carbons (Fsp3) is 0.500. The van der Waals surface area contributed by atoms with Crippen LogP contribution in [0, 0.1) is 0 Å². The first-order valence-electron chi connectivity index (χ1n) is 19.6. The molecule has 1 unspecified atom stereocenters. The van der Waals surface area contributed by atoms with Crippen LogP contribution in [0.2, 0.25) is 0 Å². The average Bonchev–Trinajstić information content (AvgIpc) is 3.70. The molecule has 310 valence electrons. The van der Waals surface area contributed by atoms with E-state index in [-0.39, 0.29) is 19.3 Å². The topological polar surface area (TPSA) is 120 Å². The van der Waals surface area contributed by atoms with Gasteiger partial charge >= 0.3 is 11.9 Å². The van der Waals surface area contributed by atoms with E-state index in [0.717, 1.165) is 86.2 Å². The van der Waals surface area contributed by atoms with Crippen molar-refractivity contribution in [2.75, 3.05) is 95.7 Å². The van der Waals surface area contributed by atoms with Gasteiger partial charge in [-0.25, -0.2) is 9.59 Å². The number of fused-ring (bicyclic) bond motifs is 1. The van der Waals surface area contributed by atoms with E-state index in [9.17, 15) is 9.59 Å². The van der Waals surface area contributed by atoms with E-state index in [1.54, 1.807) is 49.8 Å². The predicted molar refractivity (Wildman–Crippen MR) is 215 cm³/mol. The third-order valence-corrected chi connectivity index (χ3v) is 11.0. The summed E-state index contributed by atoms with van der Waals surface area (Å²) in [6.07, 6.45) is 7.45. The number of quaternary nitrogens is 1. The van der Waals surface area contributed by atoms with Crippen molar-refractivity contribution in [3.05, 3.63) is 76.9 Å². The zero-order valence-corrected chi connectivity index (χ0v) is 34.6. The fourth-order valence-corrected chi connectivity index (χ4v) is 8.14. The number of carbonyl (C=O) groups is 2. The molecule has 0 saturated carbocycles. The van der Waals surface area contributed by atoms with Crippen LogP contribution >= 0.6 is 0 Å². The van der Waals surface area contributed by atoms with E-state index in [2.05, 4.69) is 23.1 Å². The van der Waals surface area contributed by atoms with Gasteiger partial charge < -0.3 is 47.1 Å². The molecule has 5 rings (SSSR count). The molecule has 0 aromatic heterocycles. The molecular formula is C44H59N2O11+. The summed E-state index contributed by atoms with van der Waals surface area (Å²) in [6, 6.07) is 14.2. The van der Waals surface area contributed by atoms with E-state index < -0.39 is 11.9 Å². The Morgan fingerprint density at radius 3 is 1.82 bits per heavy atom. The first-order chi connectivity index (χ1) is 27.7. The minimum absolute atomic E-state index is 0.0360. The number of ether oxygens (including phenoxy) is 9. The second-order valence-corrected chi connectivity index (χ2v) is 14.4. The number of rotatable bonds is 21. The normalized spacial score (nSPS) is 16.1. The lowest BCUT2D eigenvalue weighted by Gasteiger charge is -2.38. The lowest BCUT2D eigenvalue weighted by molar-refractivity contribution is -0.929. The maximum absolute atomic E-state index is 12.6. The monoisotopic (exact) mass is 791 g/mol. The van der Waals surface area contributed by atoms with Gasteiger partial charge in [-0.15, -0.1) is 0 Å². The standard InChI is InChI=1S/C44H59N2O11/c1-49-36-13-12-31(25-37(36)50-2)24-35-34-29-39(52-4)38(51-3)28-33(34)16-18-45(35)17-10-22-56-42(47)14-15-43(48)57-23-11-21-46(19-8-9-20-46)30-32-26-40(53-5)44(55-7)41(27-32)54-6/h12-15,25-29,35H,8-11,16-24,30H2,1-7H3/q+1. The molecule has 2 aliphatic rings. The third-order valence-electron chi connectivity index (χ3n) is 11.0. The summed E-state index contributed by atoms with van der Waals surface area (Å²) in [5.74, 6) is 3.43. The molecule has 1 saturated heterocycles. The van der Waals surface area contributed by atoms with Crippen LogP contribution in [-0.2, 0) is 38.4 Å². The van der Waals surface area contributed by atoms with Crippen molar-refractivity contribution < 1.29 is 56.7 Å². The van der Waals surface area contributed by atoms with Crippen LogP contribution in [0.1, 0.15) is 54.0 Å². The molecule has 13 nitrogen and oxygen atoms in total. The Bertz CT molecular complexity index is 1810. The molecule has 1 fully saturated rings. The summed E-state index contributed by atoms with van der Waals surface area (Å²) in [4.78, 5) is 27.5. The summed E-state index contributed by atoms with van der Waals surface area (Å²) in [6.45, 7) is 5.75. The van der Waals surface area contributed by atoms with Gasteiger partial charge in [0, 0.05) is 56.1 Å². The second-order valence-electron chi connectivity index (χ2n) is 14.4. The van der Waals surface area contributed by atoms with Crippen molar-refractivity contribution in [3.8, 4) is 40.2 Å². The molecular weight excluding hydrogens is 732 g/mol. The van der Waals surface area contributed by atoms with E-state index in [1.807, 2.05) is 24.3 Å². The molecule has 3 aromatic carbocycles.